The SMILES string of the molecule is CNc1c(Cl)ncnc1N1CCCC2(CC=CCC2)C1. The number of nitrogens with one attached hydrogen (secondary N) is 1. The fourth-order valence-electron chi connectivity index (χ4n) is 3.51. The van der Waals surface area contributed by atoms with Crippen molar-refractivity contribution in [2.24, 2.45) is 5.41 Å². The summed E-state index contributed by atoms with van der Waals surface area (Å²) in [5, 5.41) is 3.64. The monoisotopic (exact) mass is 292 g/mol. The molecule has 1 aromatic rings. The van der Waals surface area contributed by atoms with E-state index in [4.69, 9.17) is 11.6 Å². The molecule has 1 N–H and O–H groups in total. The van der Waals surface area contributed by atoms with Gasteiger partial charge in [0.05, 0.1) is 0 Å². The van der Waals surface area contributed by atoms with E-state index < -0.39 is 0 Å². The van der Waals surface area contributed by atoms with Crippen molar-refractivity contribution in [3.8, 4) is 0 Å². The third kappa shape index (κ3) is 2.49. The Morgan fingerprint density at radius 2 is 2.20 bits per heavy atom. The molecule has 1 aliphatic heterocycles. The summed E-state index contributed by atoms with van der Waals surface area (Å²) in [6, 6.07) is 0. The minimum Gasteiger partial charge on any atom is -0.383 e. The Morgan fingerprint density at radius 3 is 2.95 bits per heavy atom. The van der Waals surface area contributed by atoms with E-state index in [9.17, 15) is 0 Å². The van der Waals surface area contributed by atoms with Crippen LogP contribution in [-0.2, 0) is 0 Å². The number of aromatic nitrogens is 2. The van der Waals surface area contributed by atoms with Gasteiger partial charge >= 0.3 is 0 Å². The van der Waals surface area contributed by atoms with Gasteiger partial charge in [-0.15, -0.1) is 0 Å². The molecule has 1 atom stereocenters. The van der Waals surface area contributed by atoms with Crippen LogP contribution in [0.4, 0.5) is 11.5 Å². The molecule has 108 valence electrons. The van der Waals surface area contributed by atoms with Gasteiger partial charge in [0.1, 0.15) is 12.0 Å². The van der Waals surface area contributed by atoms with E-state index in [-0.39, 0.29) is 0 Å². The van der Waals surface area contributed by atoms with Crippen LogP contribution in [0.25, 0.3) is 0 Å². The molecule has 1 aromatic heterocycles. The first kappa shape index (κ1) is 13.7. The number of nitrogens with zero attached hydrogens (tertiary/aromatic N) is 3. The molecule has 0 radical (unpaired) electrons. The molecule has 1 unspecified atom stereocenters. The van der Waals surface area contributed by atoms with E-state index in [0.717, 1.165) is 24.6 Å². The second-order valence-corrected chi connectivity index (χ2v) is 6.21. The van der Waals surface area contributed by atoms with Crippen molar-refractivity contribution in [2.75, 3.05) is 30.4 Å². The molecule has 2 heterocycles. The van der Waals surface area contributed by atoms with E-state index in [1.165, 1.54) is 32.1 Å². The summed E-state index contributed by atoms with van der Waals surface area (Å²) < 4.78 is 0. The van der Waals surface area contributed by atoms with E-state index in [1.54, 1.807) is 6.33 Å². The van der Waals surface area contributed by atoms with Crippen molar-refractivity contribution in [2.45, 2.75) is 32.1 Å². The van der Waals surface area contributed by atoms with E-state index in [2.05, 4.69) is 32.3 Å². The zero-order valence-electron chi connectivity index (χ0n) is 11.9. The van der Waals surface area contributed by atoms with Gasteiger partial charge in [-0.2, -0.15) is 0 Å². The lowest BCUT2D eigenvalue weighted by atomic mass is 9.71. The minimum absolute atomic E-state index is 0.426. The molecule has 2 aliphatic rings. The van der Waals surface area contributed by atoms with Crippen molar-refractivity contribution in [3.05, 3.63) is 23.6 Å². The van der Waals surface area contributed by atoms with Crippen molar-refractivity contribution < 1.29 is 0 Å². The maximum atomic E-state index is 6.17. The first-order valence-electron chi connectivity index (χ1n) is 7.32. The predicted molar refractivity (Wildman–Crippen MR) is 83.5 cm³/mol. The zero-order valence-corrected chi connectivity index (χ0v) is 12.7. The molecule has 20 heavy (non-hydrogen) atoms. The third-order valence-electron chi connectivity index (χ3n) is 4.55. The highest BCUT2D eigenvalue weighted by atomic mass is 35.5. The van der Waals surface area contributed by atoms with Crippen LogP contribution in [0.15, 0.2) is 18.5 Å². The van der Waals surface area contributed by atoms with Crippen molar-refractivity contribution in [1.82, 2.24) is 9.97 Å². The number of anilines is 2. The van der Waals surface area contributed by atoms with Crippen LogP contribution in [0, 0.1) is 5.41 Å². The maximum absolute atomic E-state index is 6.17. The Balaban J connectivity index is 1.87. The van der Waals surface area contributed by atoms with Crippen LogP contribution < -0.4 is 10.2 Å². The van der Waals surface area contributed by atoms with Crippen LogP contribution in [0.2, 0.25) is 5.15 Å². The number of hydrogen-bond donors (Lipinski definition) is 1. The summed E-state index contributed by atoms with van der Waals surface area (Å²) in [5.74, 6) is 0.945. The van der Waals surface area contributed by atoms with Crippen LogP contribution in [0.5, 0.6) is 0 Å². The molecular formula is C15H21ClN4. The van der Waals surface area contributed by atoms with Gasteiger partial charge in [0, 0.05) is 20.1 Å². The zero-order chi connectivity index (χ0) is 14.0. The maximum Gasteiger partial charge on any atom is 0.157 e. The van der Waals surface area contributed by atoms with Crippen LogP contribution >= 0.6 is 11.6 Å². The molecule has 1 saturated heterocycles. The van der Waals surface area contributed by atoms with Crippen molar-refractivity contribution >= 4 is 23.1 Å². The van der Waals surface area contributed by atoms with Gasteiger partial charge < -0.3 is 10.2 Å². The van der Waals surface area contributed by atoms with Crippen LogP contribution in [0.1, 0.15) is 32.1 Å². The Labute approximate surface area is 125 Å². The molecule has 0 aromatic carbocycles. The highest BCUT2D eigenvalue weighted by Crippen LogP contribution is 2.43. The number of rotatable bonds is 2. The Hall–Kier alpha value is -1.29. The number of allylic oxidation sites excluding steroid dienone is 2. The smallest absolute Gasteiger partial charge is 0.157 e. The molecule has 1 fully saturated rings. The normalized spacial score (nSPS) is 26.0. The Bertz CT molecular complexity index is 517. The van der Waals surface area contributed by atoms with Gasteiger partial charge in [-0.05, 0) is 37.5 Å². The molecule has 0 amide bonds. The quantitative estimate of drug-likeness (QED) is 0.669. The van der Waals surface area contributed by atoms with E-state index in [1.807, 2.05) is 7.05 Å². The fourth-order valence-corrected chi connectivity index (χ4v) is 3.74. The molecule has 0 bridgehead atoms. The van der Waals surface area contributed by atoms with Gasteiger partial charge in [-0.1, -0.05) is 23.8 Å². The van der Waals surface area contributed by atoms with Gasteiger partial charge in [-0.3, -0.25) is 0 Å². The molecule has 1 aliphatic carbocycles. The van der Waals surface area contributed by atoms with Crippen LogP contribution in [0.3, 0.4) is 0 Å². The second kappa shape index (κ2) is 5.60. The molecule has 0 saturated carbocycles. The fraction of sp³-hybridized carbons (Fsp3) is 0.600. The summed E-state index contributed by atoms with van der Waals surface area (Å²) in [4.78, 5) is 10.9. The van der Waals surface area contributed by atoms with Gasteiger partial charge in [0.15, 0.2) is 11.0 Å². The van der Waals surface area contributed by atoms with Crippen LogP contribution in [-0.4, -0.2) is 30.1 Å². The number of hydrogen-bond acceptors (Lipinski definition) is 4. The van der Waals surface area contributed by atoms with Crippen molar-refractivity contribution in [1.29, 1.82) is 0 Å². The molecule has 3 rings (SSSR count). The molecular weight excluding hydrogens is 272 g/mol. The average molecular weight is 293 g/mol. The molecule has 4 nitrogen and oxygen atoms in total. The number of halogens is 1. The summed E-state index contributed by atoms with van der Waals surface area (Å²) in [5.41, 5.74) is 1.27. The number of piperidine rings is 1. The molecule has 5 heteroatoms. The first-order valence-corrected chi connectivity index (χ1v) is 7.70. The largest absolute Gasteiger partial charge is 0.383 e. The van der Waals surface area contributed by atoms with Gasteiger partial charge in [-0.25, -0.2) is 9.97 Å². The minimum atomic E-state index is 0.426. The van der Waals surface area contributed by atoms with E-state index >= 15 is 0 Å². The molecule has 1 spiro atoms. The topological polar surface area (TPSA) is 41.1 Å². The standard InChI is InChI=1S/C15H21ClN4/c1-17-12-13(16)18-11-19-14(12)20-9-5-8-15(10-20)6-3-2-4-7-15/h2-3,11,17H,4-10H2,1H3. The Morgan fingerprint density at radius 1 is 1.30 bits per heavy atom. The lowest BCUT2D eigenvalue weighted by molar-refractivity contribution is 0.209. The highest BCUT2D eigenvalue weighted by Gasteiger charge is 2.36. The van der Waals surface area contributed by atoms with Gasteiger partial charge in [0.2, 0.25) is 0 Å². The third-order valence-corrected chi connectivity index (χ3v) is 4.84. The van der Waals surface area contributed by atoms with Gasteiger partial charge in [0.25, 0.3) is 0 Å². The average Bonchev–Trinajstić information content (AvgIpc) is 2.48. The lowest BCUT2D eigenvalue weighted by Crippen LogP contribution is -2.44. The summed E-state index contributed by atoms with van der Waals surface area (Å²) in [6.45, 7) is 2.12. The summed E-state index contributed by atoms with van der Waals surface area (Å²) >= 11 is 6.17. The summed E-state index contributed by atoms with van der Waals surface area (Å²) in [6.07, 6.45) is 12.4. The van der Waals surface area contributed by atoms with Crippen molar-refractivity contribution in [3.63, 3.8) is 0 Å². The second-order valence-electron chi connectivity index (χ2n) is 5.85. The first-order chi connectivity index (χ1) is 9.74. The predicted octanol–water partition coefficient (Wildman–Crippen LogP) is 3.50. The lowest BCUT2D eigenvalue weighted by Gasteiger charge is -2.44. The summed E-state index contributed by atoms with van der Waals surface area (Å²) in [7, 11) is 1.87. The Kier molecular flexibility index (Phi) is 3.83. The highest BCUT2D eigenvalue weighted by molar-refractivity contribution is 6.32. The van der Waals surface area contributed by atoms with E-state index in [0.29, 0.717) is 10.6 Å².